The summed E-state index contributed by atoms with van der Waals surface area (Å²) in [5.74, 6) is 0.196. The predicted octanol–water partition coefficient (Wildman–Crippen LogP) is 0.984. The summed E-state index contributed by atoms with van der Waals surface area (Å²) in [5.41, 5.74) is 0.646. The van der Waals surface area contributed by atoms with E-state index in [1.54, 1.807) is 25.3 Å². The molecule has 2 aromatic rings. The SMILES string of the molecule is COc1ccc(-c2nnc(S[C@H](C)C(=O)[O-])o2)cc1OC. The first kappa shape index (κ1) is 15.2. The summed E-state index contributed by atoms with van der Waals surface area (Å²) in [6.07, 6.45) is 0. The zero-order valence-corrected chi connectivity index (χ0v) is 12.5. The van der Waals surface area contributed by atoms with Crippen LogP contribution in [0, 0.1) is 0 Å². The molecule has 21 heavy (non-hydrogen) atoms. The third-order valence-corrected chi connectivity index (χ3v) is 3.56. The molecule has 0 aliphatic rings. The molecule has 0 saturated carbocycles. The van der Waals surface area contributed by atoms with Crippen LogP contribution in [0.4, 0.5) is 0 Å². The molecule has 0 bridgehead atoms. The maximum Gasteiger partial charge on any atom is 0.277 e. The number of carboxylic acid groups (broad SMARTS) is 1. The highest BCUT2D eigenvalue weighted by atomic mass is 32.2. The van der Waals surface area contributed by atoms with Crippen LogP contribution < -0.4 is 14.6 Å². The number of hydrogen-bond donors (Lipinski definition) is 0. The zero-order valence-electron chi connectivity index (χ0n) is 11.7. The number of benzene rings is 1. The second kappa shape index (κ2) is 6.49. The van der Waals surface area contributed by atoms with Gasteiger partial charge in [-0.3, -0.25) is 0 Å². The van der Waals surface area contributed by atoms with Gasteiger partial charge in [-0.05, 0) is 25.1 Å². The Morgan fingerprint density at radius 1 is 1.29 bits per heavy atom. The van der Waals surface area contributed by atoms with Gasteiger partial charge in [-0.1, -0.05) is 11.8 Å². The molecule has 0 unspecified atom stereocenters. The first-order chi connectivity index (χ1) is 10.0. The monoisotopic (exact) mass is 309 g/mol. The van der Waals surface area contributed by atoms with Gasteiger partial charge in [0, 0.05) is 5.56 Å². The lowest BCUT2D eigenvalue weighted by molar-refractivity contribution is -0.304. The molecule has 0 fully saturated rings. The first-order valence-corrected chi connectivity index (χ1v) is 6.86. The third-order valence-electron chi connectivity index (χ3n) is 2.65. The standard InChI is InChI=1S/C13H14N2O5S/c1-7(12(16)17)21-13-15-14-11(20-13)8-4-5-9(18-2)10(6-8)19-3/h4-7H,1-3H3,(H,16,17)/p-1/t7-/m1/s1. The van der Waals surface area contributed by atoms with Crippen molar-refractivity contribution in [2.24, 2.45) is 0 Å². The van der Waals surface area contributed by atoms with Gasteiger partial charge < -0.3 is 23.8 Å². The van der Waals surface area contributed by atoms with E-state index >= 15 is 0 Å². The van der Waals surface area contributed by atoms with Crippen molar-refractivity contribution >= 4 is 17.7 Å². The number of ether oxygens (including phenoxy) is 2. The van der Waals surface area contributed by atoms with Crippen molar-refractivity contribution in [2.75, 3.05) is 14.2 Å². The maximum atomic E-state index is 10.7. The summed E-state index contributed by atoms with van der Waals surface area (Å²) in [7, 11) is 3.07. The maximum absolute atomic E-state index is 10.7. The number of rotatable bonds is 6. The second-order valence-corrected chi connectivity index (χ2v) is 5.31. The van der Waals surface area contributed by atoms with Crippen LogP contribution in [-0.4, -0.2) is 35.6 Å². The molecule has 1 aromatic carbocycles. The fourth-order valence-electron chi connectivity index (χ4n) is 1.54. The molecule has 0 spiro atoms. The minimum Gasteiger partial charge on any atom is -0.549 e. The molecule has 1 heterocycles. The lowest BCUT2D eigenvalue weighted by atomic mass is 10.2. The van der Waals surface area contributed by atoms with Crippen molar-refractivity contribution in [3.63, 3.8) is 0 Å². The Labute approximate surface area is 125 Å². The number of methoxy groups -OCH3 is 2. The zero-order chi connectivity index (χ0) is 15.4. The third kappa shape index (κ3) is 3.46. The van der Waals surface area contributed by atoms with Crippen LogP contribution in [0.25, 0.3) is 11.5 Å². The molecule has 1 atom stereocenters. The van der Waals surface area contributed by atoms with Crippen LogP contribution in [-0.2, 0) is 4.79 Å². The number of thioether (sulfide) groups is 1. The van der Waals surface area contributed by atoms with Crippen molar-refractivity contribution in [3.05, 3.63) is 18.2 Å². The summed E-state index contributed by atoms with van der Waals surface area (Å²) in [6, 6.07) is 5.16. The number of hydrogen-bond acceptors (Lipinski definition) is 8. The van der Waals surface area contributed by atoms with Gasteiger partial charge in [0.25, 0.3) is 5.22 Å². The Morgan fingerprint density at radius 3 is 2.62 bits per heavy atom. The van der Waals surface area contributed by atoms with Crippen LogP contribution in [0.3, 0.4) is 0 Å². The highest BCUT2D eigenvalue weighted by molar-refractivity contribution is 8.00. The molecule has 7 nitrogen and oxygen atoms in total. The van der Waals surface area contributed by atoms with Crippen molar-refractivity contribution in [1.29, 1.82) is 0 Å². The fraction of sp³-hybridized carbons (Fsp3) is 0.308. The molecule has 0 N–H and O–H groups in total. The number of carboxylic acids is 1. The predicted molar refractivity (Wildman–Crippen MR) is 73.2 cm³/mol. The van der Waals surface area contributed by atoms with Gasteiger partial charge in [-0.2, -0.15) is 0 Å². The van der Waals surface area contributed by atoms with E-state index in [1.807, 2.05) is 0 Å². The average Bonchev–Trinajstić information content (AvgIpc) is 2.94. The van der Waals surface area contributed by atoms with Gasteiger partial charge >= 0.3 is 0 Å². The van der Waals surface area contributed by atoms with E-state index in [4.69, 9.17) is 13.9 Å². The van der Waals surface area contributed by atoms with E-state index in [2.05, 4.69) is 10.2 Å². The first-order valence-electron chi connectivity index (χ1n) is 5.98. The Morgan fingerprint density at radius 2 is 2.00 bits per heavy atom. The van der Waals surface area contributed by atoms with Crippen LogP contribution >= 0.6 is 11.8 Å². The van der Waals surface area contributed by atoms with Gasteiger partial charge in [0.05, 0.1) is 25.4 Å². The summed E-state index contributed by atoms with van der Waals surface area (Å²) in [4.78, 5) is 10.7. The van der Waals surface area contributed by atoms with Crippen molar-refractivity contribution in [1.82, 2.24) is 10.2 Å². The molecule has 8 heteroatoms. The molecular weight excluding hydrogens is 296 g/mol. The summed E-state index contributed by atoms with van der Waals surface area (Å²) in [5, 5.41) is 17.7. The summed E-state index contributed by atoms with van der Waals surface area (Å²) >= 11 is 0.927. The quantitative estimate of drug-likeness (QED) is 0.728. The lowest BCUT2D eigenvalue weighted by Crippen LogP contribution is -2.31. The van der Waals surface area contributed by atoms with Crippen LogP contribution in [0.1, 0.15) is 6.92 Å². The van der Waals surface area contributed by atoms with Crippen molar-refractivity contribution in [3.8, 4) is 23.0 Å². The summed E-state index contributed by atoms with van der Waals surface area (Å²) < 4.78 is 15.8. The van der Waals surface area contributed by atoms with E-state index in [0.717, 1.165) is 11.8 Å². The van der Waals surface area contributed by atoms with Crippen LogP contribution in [0.15, 0.2) is 27.8 Å². The molecule has 0 amide bonds. The minimum absolute atomic E-state index is 0.163. The summed E-state index contributed by atoms with van der Waals surface area (Å²) in [6.45, 7) is 1.49. The second-order valence-electron chi connectivity index (χ2n) is 4.02. The van der Waals surface area contributed by atoms with Crippen molar-refractivity contribution in [2.45, 2.75) is 17.4 Å². The highest BCUT2D eigenvalue weighted by Crippen LogP contribution is 2.33. The van der Waals surface area contributed by atoms with Gasteiger partial charge in [-0.25, -0.2) is 0 Å². The lowest BCUT2D eigenvalue weighted by Gasteiger charge is -2.08. The van der Waals surface area contributed by atoms with Gasteiger partial charge in [0.2, 0.25) is 5.89 Å². The number of aromatic nitrogens is 2. The van der Waals surface area contributed by atoms with E-state index in [9.17, 15) is 9.90 Å². The van der Waals surface area contributed by atoms with Crippen molar-refractivity contribution < 1.29 is 23.8 Å². The fourth-order valence-corrected chi connectivity index (χ4v) is 2.16. The molecule has 0 radical (unpaired) electrons. The molecule has 112 valence electrons. The minimum atomic E-state index is -1.19. The van der Waals surface area contributed by atoms with Crippen LogP contribution in [0.2, 0.25) is 0 Å². The van der Waals surface area contributed by atoms with Gasteiger partial charge in [-0.15, -0.1) is 10.2 Å². The smallest absolute Gasteiger partial charge is 0.277 e. The van der Waals surface area contributed by atoms with E-state index in [-0.39, 0.29) is 11.1 Å². The molecule has 1 aromatic heterocycles. The Kier molecular flexibility index (Phi) is 4.69. The van der Waals surface area contributed by atoms with Gasteiger partial charge in [0.15, 0.2) is 11.5 Å². The topological polar surface area (TPSA) is 97.5 Å². The normalized spacial score (nSPS) is 12.0. The van der Waals surface area contributed by atoms with Gasteiger partial charge in [0.1, 0.15) is 0 Å². The number of carbonyl (C=O) groups excluding carboxylic acids is 1. The molecule has 2 rings (SSSR count). The molecular formula is C13H13N2O5S-. The number of carbonyl (C=O) groups is 1. The Bertz CT molecular complexity index is 643. The molecule has 0 aliphatic heterocycles. The van der Waals surface area contributed by atoms with E-state index in [1.165, 1.54) is 14.0 Å². The molecule has 0 saturated heterocycles. The highest BCUT2D eigenvalue weighted by Gasteiger charge is 2.15. The number of aliphatic carboxylic acids is 1. The Hall–Kier alpha value is -2.22. The number of nitrogens with zero attached hydrogens (tertiary/aromatic N) is 2. The van der Waals surface area contributed by atoms with E-state index < -0.39 is 11.2 Å². The molecule has 0 aliphatic carbocycles. The largest absolute Gasteiger partial charge is 0.549 e. The average molecular weight is 309 g/mol. The van der Waals surface area contributed by atoms with Crippen LogP contribution in [0.5, 0.6) is 11.5 Å². The Balaban J connectivity index is 2.23. The van der Waals surface area contributed by atoms with E-state index in [0.29, 0.717) is 17.1 Å².